The molecule has 0 unspecified atom stereocenters. The van der Waals surface area contributed by atoms with Crippen LogP contribution in [0.25, 0.3) is 95.3 Å². The second kappa shape index (κ2) is 20.5. The van der Waals surface area contributed by atoms with Gasteiger partial charge >= 0.3 is 21.1 Å². The van der Waals surface area contributed by atoms with Crippen LogP contribution >= 0.6 is 0 Å². The maximum Gasteiger partial charge on any atom is 2.00 e. The summed E-state index contributed by atoms with van der Waals surface area (Å²) in [7, 11) is 0. The zero-order valence-corrected chi connectivity index (χ0v) is 44.4. The fourth-order valence-electron chi connectivity index (χ4n) is 10.3. The van der Waals surface area contributed by atoms with Crippen LogP contribution < -0.4 is 4.90 Å². The number of hydrogen-bond acceptors (Lipinski definition) is 6. The van der Waals surface area contributed by atoms with Gasteiger partial charge in [-0.3, -0.25) is 4.57 Å². The fraction of sp³-hybridized carbons (Fsp3) is 0.0462. The zero-order chi connectivity index (χ0) is 47.5. The number of fused-ring (bicyclic) bond motifs is 6. The molecule has 1 aliphatic rings. The molecule has 74 heavy (non-hydrogen) atoms. The molecule has 0 aliphatic heterocycles. The summed E-state index contributed by atoms with van der Waals surface area (Å²) in [6.45, 7) is 4.65. The fourth-order valence-corrected chi connectivity index (χ4v) is 10.3. The van der Waals surface area contributed by atoms with E-state index in [2.05, 4.69) is 185 Å². The predicted octanol–water partition coefficient (Wildman–Crippen LogP) is 15.9. The van der Waals surface area contributed by atoms with Crippen molar-refractivity contribution in [2.24, 2.45) is 0 Å². The molecule has 4 aromatic heterocycles. The molecule has 0 amide bonds. The van der Waals surface area contributed by atoms with Crippen LogP contribution in [0.1, 0.15) is 25.0 Å². The van der Waals surface area contributed by atoms with Gasteiger partial charge in [0.1, 0.15) is 0 Å². The van der Waals surface area contributed by atoms with Crippen molar-refractivity contribution >= 4 is 38.9 Å². The van der Waals surface area contributed by atoms with Crippen LogP contribution in [0.2, 0.25) is 0 Å². The van der Waals surface area contributed by atoms with Crippen molar-refractivity contribution in [2.75, 3.05) is 4.90 Å². The molecule has 9 heteroatoms. The average molecular weight is 1170 g/mol. The molecule has 8 aromatic carbocycles. The molecule has 1 aliphatic carbocycles. The Morgan fingerprint density at radius 3 is 1.59 bits per heavy atom. The molecular weight excluding hydrogens is 1120 g/mol. The summed E-state index contributed by atoms with van der Waals surface area (Å²) in [5.74, 6) is 1.79. The minimum atomic E-state index is -0.217. The van der Waals surface area contributed by atoms with Crippen LogP contribution in [0.3, 0.4) is 0 Å². The molecule has 0 bridgehead atoms. The summed E-state index contributed by atoms with van der Waals surface area (Å²) < 4.78 is 2.24. The van der Waals surface area contributed by atoms with E-state index in [1.807, 2.05) is 85.2 Å². The van der Waals surface area contributed by atoms with Gasteiger partial charge in [0.05, 0.1) is 11.0 Å². The number of nitrogens with zero attached hydrogens (tertiary/aromatic N) is 7. The molecule has 0 saturated heterocycles. The molecular formula is C65H46N7PtV-. The molecule has 1 radical (unpaired) electrons. The molecule has 0 saturated carbocycles. The predicted molar refractivity (Wildman–Crippen MR) is 293 cm³/mol. The van der Waals surface area contributed by atoms with E-state index >= 15 is 0 Å². The van der Waals surface area contributed by atoms with E-state index in [9.17, 15) is 0 Å². The minimum Gasteiger partial charge on any atom is -0.358 e. The summed E-state index contributed by atoms with van der Waals surface area (Å²) >= 11 is 0. The first kappa shape index (κ1) is 49.5. The van der Waals surface area contributed by atoms with Gasteiger partial charge in [0.15, 0.2) is 11.6 Å². The maximum absolute atomic E-state index is 5.28. The first-order valence-electron chi connectivity index (χ1n) is 23.8. The normalized spacial score (nSPS) is 12.0. The smallest absolute Gasteiger partial charge is 0.358 e. The second-order valence-electron chi connectivity index (χ2n) is 18.4. The Kier molecular flexibility index (Phi) is 13.7. The van der Waals surface area contributed by atoms with E-state index in [-0.39, 0.29) is 52.5 Å². The Bertz CT molecular complexity index is 3840. The van der Waals surface area contributed by atoms with Gasteiger partial charge < -0.3 is 22.3 Å². The van der Waals surface area contributed by atoms with Gasteiger partial charge in [0, 0.05) is 64.0 Å². The maximum atomic E-state index is 5.28. The Morgan fingerprint density at radius 1 is 0.446 bits per heavy atom. The molecule has 357 valence electrons. The average Bonchev–Trinajstić information content (AvgIpc) is 3.88. The topological polar surface area (TPSA) is 72.6 Å². The van der Waals surface area contributed by atoms with Gasteiger partial charge in [0.25, 0.3) is 0 Å². The van der Waals surface area contributed by atoms with Crippen molar-refractivity contribution < 1.29 is 39.6 Å². The van der Waals surface area contributed by atoms with Crippen molar-refractivity contribution in [1.29, 1.82) is 0 Å². The van der Waals surface area contributed by atoms with Gasteiger partial charge in [-0.25, -0.2) is 4.98 Å². The Morgan fingerprint density at radius 2 is 0.986 bits per heavy atom. The molecule has 0 N–H and O–H groups in total. The molecule has 0 fully saturated rings. The number of rotatable bonds is 9. The molecule has 0 spiro atoms. The van der Waals surface area contributed by atoms with Crippen LogP contribution in [0.15, 0.2) is 225 Å². The number of benzene rings is 8. The van der Waals surface area contributed by atoms with Crippen LogP contribution in [0.5, 0.6) is 0 Å². The minimum absolute atomic E-state index is 0. The molecule has 0 atom stereocenters. The zero-order valence-electron chi connectivity index (χ0n) is 40.8. The standard InChI is InChI=1S/C64H43N7.CH3.Pt.V/c1-64(2)55-29-10-9-28-51(55)52-40-54-53-39-45(32-33-59(53)71(60(54)41-56(52)64)63-68-61(42-18-5-3-6-19-42)67-62(69-63)43-20-7-4-8-21-43)44-22-15-25-48(36-44)70(49-26-16-23-46(37-49)57-30-11-13-34-65-57)50-27-17-24-47(38-50)58-31-12-14-35-66-58;;;/h3-36,39-41H,1-2H3;1H3;;/q-2;-1;+2;. The number of aromatic nitrogens is 6. The van der Waals surface area contributed by atoms with Crippen LogP contribution in [0, 0.1) is 19.6 Å². The molecule has 12 aromatic rings. The monoisotopic (exact) mass is 1170 g/mol. The first-order valence-corrected chi connectivity index (χ1v) is 23.8. The first-order chi connectivity index (χ1) is 34.9. The Labute approximate surface area is 457 Å². The van der Waals surface area contributed by atoms with Gasteiger partial charge in [-0.15, -0.1) is 59.7 Å². The van der Waals surface area contributed by atoms with Crippen molar-refractivity contribution in [2.45, 2.75) is 19.3 Å². The van der Waals surface area contributed by atoms with E-state index in [0.29, 0.717) is 17.6 Å². The van der Waals surface area contributed by atoms with E-state index in [1.165, 1.54) is 22.3 Å². The largest absolute Gasteiger partial charge is 2.00 e. The third kappa shape index (κ3) is 8.77. The summed E-state index contributed by atoms with van der Waals surface area (Å²) in [5, 5.41) is 2.22. The summed E-state index contributed by atoms with van der Waals surface area (Å²) in [4.78, 5) is 27.2. The van der Waals surface area contributed by atoms with E-state index in [0.717, 1.165) is 83.6 Å². The van der Waals surface area contributed by atoms with Gasteiger partial charge in [0.2, 0.25) is 5.95 Å². The summed E-state index contributed by atoms with van der Waals surface area (Å²) in [5.41, 5.74) is 17.1. The molecule has 4 heterocycles. The Balaban J connectivity index is 0.00000209. The van der Waals surface area contributed by atoms with Crippen molar-refractivity contribution in [3.63, 3.8) is 0 Å². The van der Waals surface area contributed by atoms with Gasteiger partial charge in [-0.1, -0.05) is 141 Å². The third-order valence-electron chi connectivity index (χ3n) is 13.7. The molecule has 7 nitrogen and oxygen atoms in total. The van der Waals surface area contributed by atoms with Crippen LogP contribution in [-0.4, -0.2) is 29.5 Å². The van der Waals surface area contributed by atoms with Crippen LogP contribution in [-0.2, 0) is 45.0 Å². The number of anilines is 3. The van der Waals surface area contributed by atoms with E-state index in [4.69, 9.17) is 15.0 Å². The number of pyridine rings is 2. The summed E-state index contributed by atoms with van der Waals surface area (Å²) in [6, 6.07) is 81.1. The SMILES string of the molecule is CC1(C)c2ccccc2-c2cc3c4cc(-c5cccc(N(c6[c-]c(-c7ccccn7)ccc6)c6[c-]c(-c7ccccn7)ccc6)c5)ccc4n(-c4nc(-c5ccccc5)nc(-c5ccccc5)n4)c3cc21.[CH3-].[Pt+2].[V]. The van der Waals surface area contributed by atoms with E-state index < -0.39 is 0 Å². The summed E-state index contributed by atoms with van der Waals surface area (Å²) in [6.07, 6.45) is 3.63. The van der Waals surface area contributed by atoms with Crippen molar-refractivity contribution in [3.8, 4) is 73.5 Å². The second-order valence-corrected chi connectivity index (χ2v) is 18.4. The van der Waals surface area contributed by atoms with Gasteiger partial charge in [-0.05, 0) is 105 Å². The molecule has 13 rings (SSSR count). The van der Waals surface area contributed by atoms with Crippen LogP contribution in [0.4, 0.5) is 17.1 Å². The quantitative estimate of drug-likeness (QED) is 0.134. The Hall–Kier alpha value is -8.06. The van der Waals surface area contributed by atoms with Gasteiger partial charge in [-0.2, -0.15) is 9.97 Å². The van der Waals surface area contributed by atoms with Crippen molar-refractivity contribution in [1.82, 2.24) is 29.5 Å². The van der Waals surface area contributed by atoms with E-state index in [1.54, 1.807) is 0 Å². The third-order valence-corrected chi connectivity index (χ3v) is 13.7. The number of hydrogen-bond donors (Lipinski definition) is 0. The van der Waals surface area contributed by atoms with Crippen molar-refractivity contribution in [3.05, 3.63) is 255 Å².